The lowest BCUT2D eigenvalue weighted by atomic mass is 9.79. The second-order valence-corrected chi connectivity index (χ2v) is 7.75. The molecule has 2 atom stereocenters. The number of piperidine rings is 1. The molecule has 1 aliphatic heterocycles. The lowest BCUT2D eigenvalue weighted by Gasteiger charge is -2.47. The standard InChI is InChI=1S/C21H28N4O3/c1-14-17(20(27)23-15(2)22-14)12-19(26)25-11-10-21(28,18(13-25)24(3)4)16-8-6-5-7-9-16/h5-9,18,28H,10-13H2,1-4H3,(H,22,23,27)/t18-,21+/m1/s1. The summed E-state index contributed by atoms with van der Waals surface area (Å²) in [4.78, 5) is 35.8. The highest BCUT2D eigenvalue weighted by molar-refractivity contribution is 5.79. The number of likely N-dealkylation sites (tertiary alicyclic amines) is 1. The zero-order chi connectivity index (χ0) is 20.5. The first kappa shape index (κ1) is 20.2. The Morgan fingerprint density at radius 2 is 2.00 bits per heavy atom. The van der Waals surface area contributed by atoms with Gasteiger partial charge in [0, 0.05) is 24.3 Å². The average Bonchev–Trinajstić information content (AvgIpc) is 2.65. The Balaban J connectivity index is 1.81. The van der Waals surface area contributed by atoms with Crippen molar-refractivity contribution in [3.63, 3.8) is 0 Å². The second kappa shape index (κ2) is 7.85. The van der Waals surface area contributed by atoms with E-state index in [1.807, 2.05) is 49.3 Å². The molecule has 7 nitrogen and oxygen atoms in total. The van der Waals surface area contributed by atoms with Crippen molar-refractivity contribution in [2.75, 3.05) is 27.2 Å². The highest BCUT2D eigenvalue weighted by atomic mass is 16.3. The van der Waals surface area contributed by atoms with Crippen LogP contribution in [0.2, 0.25) is 0 Å². The van der Waals surface area contributed by atoms with Crippen LogP contribution in [0.4, 0.5) is 0 Å². The molecule has 1 aliphatic rings. The molecule has 1 fully saturated rings. The van der Waals surface area contributed by atoms with Gasteiger partial charge in [0.2, 0.25) is 5.91 Å². The maximum Gasteiger partial charge on any atom is 0.254 e. The van der Waals surface area contributed by atoms with Crippen LogP contribution in [-0.4, -0.2) is 64.0 Å². The van der Waals surface area contributed by atoms with E-state index in [0.29, 0.717) is 36.6 Å². The first-order valence-corrected chi connectivity index (χ1v) is 9.51. The van der Waals surface area contributed by atoms with Gasteiger partial charge in [-0.25, -0.2) is 4.98 Å². The molecule has 150 valence electrons. The number of likely N-dealkylation sites (N-methyl/N-ethyl adjacent to an activating group) is 1. The third-order valence-electron chi connectivity index (χ3n) is 5.63. The van der Waals surface area contributed by atoms with Crippen molar-refractivity contribution in [3.8, 4) is 0 Å². The number of H-pyrrole nitrogens is 1. The molecule has 0 bridgehead atoms. The van der Waals surface area contributed by atoms with Gasteiger partial charge in [-0.1, -0.05) is 30.3 Å². The van der Waals surface area contributed by atoms with Crippen molar-refractivity contribution in [2.24, 2.45) is 0 Å². The summed E-state index contributed by atoms with van der Waals surface area (Å²) < 4.78 is 0. The molecular formula is C21H28N4O3. The predicted molar refractivity (Wildman–Crippen MR) is 107 cm³/mol. The number of aliphatic hydroxyl groups is 1. The molecular weight excluding hydrogens is 356 g/mol. The van der Waals surface area contributed by atoms with E-state index in [1.54, 1.807) is 18.7 Å². The summed E-state index contributed by atoms with van der Waals surface area (Å²) in [5.41, 5.74) is 0.550. The van der Waals surface area contributed by atoms with Crippen molar-refractivity contribution in [1.29, 1.82) is 0 Å². The zero-order valence-corrected chi connectivity index (χ0v) is 16.9. The summed E-state index contributed by atoms with van der Waals surface area (Å²) in [5.74, 6) is 0.415. The van der Waals surface area contributed by atoms with E-state index in [2.05, 4.69) is 9.97 Å². The van der Waals surface area contributed by atoms with Gasteiger partial charge in [-0.3, -0.25) is 9.59 Å². The van der Waals surface area contributed by atoms with E-state index in [9.17, 15) is 14.7 Å². The lowest BCUT2D eigenvalue weighted by Crippen LogP contribution is -2.60. The Morgan fingerprint density at radius 3 is 2.61 bits per heavy atom. The molecule has 1 aromatic heterocycles. The van der Waals surface area contributed by atoms with E-state index in [0.717, 1.165) is 5.56 Å². The number of aromatic amines is 1. The molecule has 3 rings (SSSR count). The fourth-order valence-corrected chi connectivity index (χ4v) is 4.03. The van der Waals surface area contributed by atoms with Crippen LogP contribution in [0.15, 0.2) is 35.1 Å². The van der Waals surface area contributed by atoms with E-state index < -0.39 is 5.60 Å². The summed E-state index contributed by atoms with van der Waals surface area (Å²) in [7, 11) is 3.82. The van der Waals surface area contributed by atoms with Gasteiger partial charge in [-0.2, -0.15) is 0 Å². The van der Waals surface area contributed by atoms with Crippen LogP contribution in [0.3, 0.4) is 0 Å². The van der Waals surface area contributed by atoms with Gasteiger partial charge < -0.3 is 19.9 Å². The van der Waals surface area contributed by atoms with Gasteiger partial charge in [0.15, 0.2) is 0 Å². The third-order valence-corrected chi connectivity index (χ3v) is 5.63. The molecule has 1 saturated heterocycles. The second-order valence-electron chi connectivity index (χ2n) is 7.75. The summed E-state index contributed by atoms with van der Waals surface area (Å²) in [6.07, 6.45) is 0.450. The number of aryl methyl sites for hydroxylation is 2. The number of nitrogens with one attached hydrogen (secondary N) is 1. The molecule has 0 spiro atoms. The van der Waals surface area contributed by atoms with Crippen LogP contribution >= 0.6 is 0 Å². The van der Waals surface area contributed by atoms with Crippen LogP contribution in [0.1, 0.15) is 29.1 Å². The molecule has 0 aliphatic carbocycles. The fourth-order valence-electron chi connectivity index (χ4n) is 4.03. The van der Waals surface area contributed by atoms with Gasteiger partial charge in [-0.05, 0) is 39.9 Å². The number of carbonyl (C=O) groups is 1. The van der Waals surface area contributed by atoms with Crippen LogP contribution in [0, 0.1) is 13.8 Å². The highest BCUT2D eigenvalue weighted by Gasteiger charge is 2.45. The minimum Gasteiger partial charge on any atom is -0.383 e. The van der Waals surface area contributed by atoms with Gasteiger partial charge in [0.05, 0.1) is 12.5 Å². The van der Waals surface area contributed by atoms with E-state index >= 15 is 0 Å². The molecule has 2 heterocycles. The highest BCUT2D eigenvalue weighted by Crippen LogP contribution is 2.35. The topological polar surface area (TPSA) is 89.5 Å². The van der Waals surface area contributed by atoms with E-state index in [-0.39, 0.29) is 23.9 Å². The van der Waals surface area contributed by atoms with Crippen molar-refractivity contribution in [2.45, 2.75) is 38.3 Å². The van der Waals surface area contributed by atoms with Gasteiger partial charge in [0.1, 0.15) is 11.4 Å². The number of nitrogens with zero attached hydrogens (tertiary/aromatic N) is 3. The number of hydrogen-bond donors (Lipinski definition) is 2. The van der Waals surface area contributed by atoms with Gasteiger partial charge in [0.25, 0.3) is 5.56 Å². The summed E-state index contributed by atoms with van der Waals surface area (Å²) in [5, 5.41) is 11.4. The molecule has 1 aromatic carbocycles. The number of benzene rings is 1. The van der Waals surface area contributed by atoms with Crippen LogP contribution in [0.5, 0.6) is 0 Å². The quantitative estimate of drug-likeness (QED) is 0.820. The minimum absolute atomic E-state index is 0.0123. The monoisotopic (exact) mass is 384 g/mol. The smallest absolute Gasteiger partial charge is 0.254 e. The maximum atomic E-state index is 12.9. The van der Waals surface area contributed by atoms with Crippen molar-refractivity contribution < 1.29 is 9.90 Å². The largest absolute Gasteiger partial charge is 0.383 e. The number of amides is 1. The Hall–Kier alpha value is -2.51. The Labute approximate surface area is 165 Å². The normalized spacial score (nSPS) is 22.5. The number of rotatable bonds is 4. The molecule has 7 heteroatoms. The molecule has 28 heavy (non-hydrogen) atoms. The molecule has 2 aromatic rings. The molecule has 0 saturated carbocycles. The Morgan fingerprint density at radius 1 is 1.32 bits per heavy atom. The number of hydrogen-bond acceptors (Lipinski definition) is 5. The van der Waals surface area contributed by atoms with Crippen molar-refractivity contribution >= 4 is 5.91 Å². The van der Waals surface area contributed by atoms with E-state index in [1.165, 1.54) is 0 Å². The summed E-state index contributed by atoms with van der Waals surface area (Å²) in [6, 6.07) is 9.35. The predicted octanol–water partition coefficient (Wildman–Crippen LogP) is 0.980. The minimum atomic E-state index is -1.03. The summed E-state index contributed by atoms with van der Waals surface area (Å²) in [6.45, 7) is 4.30. The van der Waals surface area contributed by atoms with Gasteiger partial charge in [-0.15, -0.1) is 0 Å². The van der Waals surface area contributed by atoms with Crippen LogP contribution < -0.4 is 5.56 Å². The van der Waals surface area contributed by atoms with Crippen LogP contribution in [-0.2, 0) is 16.8 Å². The van der Waals surface area contributed by atoms with E-state index in [4.69, 9.17) is 0 Å². The Bertz CT molecular complexity index is 910. The van der Waals surface area contributed by atoms with Crippen LogP contribution in [0.25, 0.3) is 0 Å². The number of aromatic nitrogens is 2. The molecule has 0 radical (unpaired) electrons. The number of carbonyl (C=O) groups excluding carboxylic acids is 1. The van der Waals surface area contributed by atoms with Gasteiger partial charge >= 0.3 is 0 Å². The SMILES string of the molecule is Cc1nc(C)c(CC(=O)N2CC[C@](O)(c3ccccc3)[C@H](N(C)C)C2)c(=O)[nH]1. The fraction of sp³-hybridized carbons (Fsp3) is 0.476. The Kier molecular flexibility index (Phi) is 5.67. The first-order chi connectivity index (χ1) is 13.2. The third kappa shape index (κ3) is 3.86. The zero-order valence-electron chi connectivity index (χ0n) is 16.9. The average molecular weight is 384 g/mol. The molecule has 1 amide bonds. The maximum absolute atomic E-state index is 12.9. The first-order valence-electron chi connectivity index (χ1n) is 9.51. The summed E-state index contributed by atoms with van der Waals surface area (Å²) >= 11 is 0. The van der Waals surface area contributed by atoms with Crippen molar-refractivity contribution in [1.82, 2.24) is 19.8 Å². The molecule has 0 unspecified atom stereocenters. The molecule has 2 N–H and O–H groups in total. The van der Waals surface area contributed by atoms with Crippen molar-refractivity contribution in [3.05, 3.63) is 63.3 Å². The lowest BCUT2D eigenvalue weighted by molar-refractivity contribution is -0.141.